The second kappa shape index (κ2) is 6.71. The molecule has 0 aliphatic rings. The van der Waals surface area contributed by atoms with E-state index in [4.69, 9.17) is 23.2 Å². The van der Waals surface area contributed by atoms with Crippen molar-refractivity contribution in [2.24, 2.45) is 0 Å². The number of halogens is 5. The van der Waals surface area contributed by atoms with Crippen molar-refractivity contribution in [2.45, 2.75) is 18.5 Å². The van der Waals surface area contributed by atoms with Crippen molar-refractivity contribution < 1.29 is 13.2 Å². The highest BCUT2D eigenvalue weighted by Gasteiger charge is 2.30. The van der Waals surface area contributed by atoms with Gasteiger partial charge >= 0.3 is 6.18 Å². The molecule has 0 heterocycles. The Kier molecular flexibility index (Phi) is 5.17. The molecule has 0 N–H and O–H groups in total. The predicted octanol–water partition coefficient (Wildman–Crippen LogP) is 5.92. The molecule has 2 rings (SSSR count). The van der Waals surface area contributed by atoms with Gasteiger partial charge in [-0.2, -0.15) is 13.2 Å². The minimum atomic E-state index is -4.33. The van der Waals surface area contributed by atoms with Crippen molar-refractivity contribution in [3.05, 3.63) is 70.2 Å². The molecule has 0 fully saturated rings. The summed E-state index contributed by atoms with van der Waals surface area (Å²) in [6, 6.07) is 12.6. The van der Waals surface area contributed by atoms with E-state index in [1.807, 2.05) is 12.1 Å². The van der Waals surface area contributed by atoms with Crippen molar-refractivity contribution in [3.8, 4) is 0 Å². The van der Waals surface area contributed by atoms with Crippen LogP contribution in [0.3, 0.4) is 0 Å². The van der Waals surface area contributed by atoms with Crippen molar-refractivity contribution in [1.29, 1.82) is 0 Å². The molecule has 0 saturated heterocycles. The highest BCUT2D eigenvalue weighted by atomic mass is 35.5. The van der Waals surface area contributed by atoms with Gasteiger partial charge in [0, 0.05) is 16.8 Å². The lowest BCUT2D eigenvalue weighted by Gasteiger charge is -2.16. The fourth-order valence-electron chi connectivity index (χ4n) is 2.16. The summed E-state index contributed by atoms with van der Waals surface area (Å²) in [7, 11) is 0. The standard InChI is InChI=1S/C16H13Cl2F3/c17-10-13(12-4-6-15(18)7-5-12)8-11-2-1-3-14(9-11)16(19,20)21/h1-7,9,13H,8,10H2. The van der Waals surface area contributed by atoms with Crippen molar-refractivity contribution in [1.82, 2.24) is 0 Å². The first-order valence-electron chi connectivity index (χ1n) is 6.37. The molecule has 5 heteroatoms. The predicted molar refractivity (Wildman–Crippen MR) is 80.1 cm³/mol. The van der Waals surface area contributed by atoms with Crippen LogP contribution < -0.4 is 0 Å². The molecule has 21 heavy (non-hydrogen) atoms. The zero-order valence-electron chi connectivity index (χ0n) is 11.0. The normalized spacial score (nSPS) is 13.2. The fourth-order valence-corrected chi connectivity index (χ4v) is 2.57. The average molecular weight is 333 g/mol. The molecule has 1 atom stereocenters. The minimum Gasteiger partial charge on any atom is -0.166 e. The van der Waals surface area contributed by atoms with Crippen LogP contribution in [-0.4, -0.2) is 5.88 Å². The summed E-state index contributed by atoms with van der Waals surface area (Å²) in [5.41, 5.74) is 0.946. The maximum absolute atomic E-state index is 12.7. The fraction of sp³-hybridized carbons (Fsp3) is 0.250. The summed E-state index contributed by atoms with van der Waals surface area (Å²) in [6.07, 6.45) is -3.87. The first-order valence-corrected chi connectivity index (χ1v) is 7.29. The van der Waals surface area contributed by atoms with Crippen LogP contribution >= 0.6 is 23.2 Å². The average Bonchev–Trinajstić information content (AvgIpc) is 2.45. The van der Waals surface area contributed by atoms with E-state index in [1.54, 1.807) is 18.2 Å². The summed E-state index contributed by atoms with van der Waals surface area (Å²) in [5, 5.41) is 0.617. The third-order valence-electron chi connectivity index (χ3n) is 3.26. The van der Waals surface area contributed by atoms with E-state index >= 15 is 0 Å². The minimum absolute atomic E-state index is 0.0487. The molecule has 0 bridgehead atoms. The van der Waals surface area contributed by atoms with Gasteiger partial charge in [-0.1, -0.05) is 41.9 Å². The Morgan fingerprint density at radius 3 is 2.24 bits per heavy atom. The molecule has 2 aromatic carbocycles. The van der Waals surface area contributed by atoms with E-state index in [1.165, 1.54) is 12.1 Å². The second-order valence-corrected chi connectivity index (χ2v) is 5.55. The molecule has 112 valence electrons. The Morgan fingerprint density at radius 2 is 1.67 bits per heavy atom. The molecule has 0 radical (unpaired) electrons. The quantitative estimate of drug-likeness (QED) is 0.609. The zero-order chi connectivity index (χ0) is 15.5. The van der Waals surface area contributed by atoms with Crippen molar-refractivity contribution in [3.63, 3.8) is 0 Å². The Balaban J connectivity index is 2.21. The van der Waals surface area contributed by atoms with Gasteiger partial charge < -0.3 is 0 Å². The number of rotatable bonds is 4. The van der Waals surface area contributed by atoms with Crippen LogP contribution in [0.2, 0.25) is 5.02 Å². The maximum Gasteiger partial charge on any atom is 0.416 e. The summed E-state index contributed by atoms with van der Waals surface area (Å²) in [5.74, 6) is 0.283. The van der Waals surface area contributed by atoms with Crippen LogP contribution in [0.5, 0.6) is 0 Å². The Morgan fingerprint density at radius 1 is 1.00 bits per heavy atom. The third-order valence-corrected chi connectivity index (χ3v) is 3.89. The molecule has 0 spiro atoms. The van der Waals surface area contributed by atoms with Crippen LogP contribution in [0.15, 0.2) is 48.5 Å². The van der Waals surface area contributed by atoms with Gasteiger partial charge in [-0.3, -0.25) is 0 Å². The smallest absolute Gasteiger partial charge is 0.166 e. The van der Waals surface area contributed by atoms with Crippen molar-refractivity contribution >= 4 is 23.2 Å². The third kappa shape index (κ3) is 4.39. The molecular formula is C16H13Cl2F3. The van der Waals surface area contributed by atoms with Crippen LogP contribution in [0.4, 0.5) is 13.2 Å². The number of hydrogen-bond acceptors (Lipinski definition) is 0. The summed E-state index contributed by atoms with van der Waals surface area (Å²) in [4.78, 5) is 0. The molecule has 0 nitrogen and oxygen atoms in total. The van der Waals surface area contributed by atoms with Gasteiger partial charge in [-0.15, -0.1) is 11.6 Å². The van der Waals surface area contributed by atoms with Gasteiger partial charge in [-0.25, -0.2) is 0 Å². The molecular weight excluding hydrogens is 320 g/mol. The van der Waals surface area contributed by atoms with Gasteiger partial charge in [0.2, 0.25) is 0 Å². The summed E-state index contributed by atoms with van der Waals surface area (Å²) in [6.45, 7) is 0. The van der Waals surface area contributed by atoms with Gasteiger partial charge in [0.1, 0.15) is 0 Å². The molecule has 0 amide bonds. The topological polar surface area (TPSA) is 0 Å². The van der Waals surface area contributed by atoms with E-state index < -0.39 is 11.7 Å². The van der Waals surface area contributed by atoms with E-state index in [-0.39, 0.29) is 5.92 Å². The number of benzene rings is 2. The van der Waals surface area contributed by atoms with Crippen LogP contribution in [-0.2, 0) is 12.6 Å². The van der Waals surface area contributed by atoms with Crippen molar-refractivity contribution in [2.75, 3.05) is 5.88 Å². The maximum atomic E-state index is 12.7. The highest BCUT2D eigenvalue weighted by molar-refractivity contribution is 6.30. The first-order chi connectivity index (χ1) is 9.90. The Labute approximate surface area is 131 Å². The first kappa shape index (κ1) is 16.2. The van der Waals surface area contributed by atoms with Crippen LogP contribution in [0.1, 0.15) is 22.6 Å². The van der Waals surface area contributed by atoms with Gasteiger partial charge in [0.05, 0.1) is 5.56 Å². The lowest BCUT2D eigenvalue weighted by Crippen LogP contribution is -2.08. The molecule has 0 aliphatic carbocycles. The molecule has 1 unspecified atom stereocenters. The largest absolute Gasteiger partial charge is 0.416 e. The summed E-state index contributed by atoms with van der Waals surface area (Å²) < 4.78 is 38.1. The molecule has 0 aromatic heterocycles. The van der Waals surface area contributed by atoms with Crippen LogP contribution in [0, 0.1) is 0 Å². The Hall–Kier alpha value is -1.19. The number of alkyl halides is 4. The van der Waals surface area contributed by atoms with Gasteiger partial charge in [0.25, 0.3) is 0 Å². The monoisotopic (exact) mass is 332 g/mol. The van der Waals surface area contributed by atoms with E-state index in [2.05, 4.69) is 0 Å². The second-order valence-electron chi connectivity index (χ2n) is 4.81. The zero-order valence-corrected chi connectivity index (χ0v) is 12.5. The highest BCUT2D eigenvalue weighted by Crippen LogP contribution is 2.31. The van der Waals surface area contributed by atoms with E-state index in [0.717, 1.165) is 11.6 Å². The van der Waals surface area contributed by atoms with Crippen LogP contribution in [0.25, 0.3) is 0 Å². The van der Waals surface area contributed by atoms with E-state index in [9.17, 15) is 13.2 Å². The lowest BCUT2D eigenvalue weighted by molar-refractivity contribution is -0.137. The van der Waals surface area contributed by atoms with Gasteiger partial charge in [0.15, 0.2) is 0 Å². The van der Waals surface area contributed by atoms with Gasteiger partial charge in [-0.05, 0) is 35.7 Å². The molecule has 0 saturated carbocycles. The number of hydrogen-bond donors (Lipinski definition) is 0. The Bertz CT molecular complexity index is 591. The lowest BCUT2D eigenvalue weighted by atomic mass is 9.93. The molecule has 2 aromatic rings. The SMILES string of the molecule is FC(F)(F)c1cccc(CC(CCl)c2ccc(Cl)cc2)c1. The summed E-state index contributed by atoms with van der Waals surface area (Å²) >= 11 is 11.8. The van der Waals surface area contributed by atoms with E-state index in [0.29, 0.717) is 22.9 Å². The molecule has 0 aliphatic heterocycles.